The molecule has 4 aliphatic carbocycles. The molecule has 2 heteroatoms. The molecule has 4 rings (SSSR count). The summed E-state index contributed by atoms with van der Waals surface area (Å²) in [6.45, 7) is 5.21. The molecule has 0 unspecified atom stereocenters. The summed E-state index contributed by atoms with van der Waals surface area (Å²) in [7, 11) is 0. The Labute approximate surface area is 189 Å². The van der Waals surface area contributed by atoms with Gasteiger partial charge >= 0.3 is 0 Å². The molecule has 30 heavy (non-hydrogen) atoms. The lowest BCUT2D eigenvalue weighted by Crippen LogP contribution is -2.30. The van der Waals surface area contributed by atoms with E-state index < -0.39 is 0 Å². The molecular weight excluding hydrogens is 364 g/mol. The Kier molecular flexibility index (Phi) is 12.8. The third-order valence-electron chi connectivity index (χ3n) is 8.63. The highest BCUT2D eigenvalue weighted by molar-refractivity contribution is 4.73. The molecule has 4 fully saturated rings. The van der Waals surface area contributed by atoms with Gasteiger partial charge in [-0.15, -0.1) is 0 Å². The van der Waals surface area contributed by atoms with Crippen LogP contribution in [0.4, 0.5) is 0 Å². The standard InChI is InChI=1S/2C14H27N/c2*1-3-7-13(8-4-1)11-15-12-14-9-5-2-6-10-14/h2*13-15H,1-12H2. The molecule has 0 spiro atoms. The third-order valence-corrected chi connectivity index (χ3v) is 8.63. The average molecular weight is 419 g/mol. The predicted molar refractivity (Wildman–Crippen MR) is 132 cm³/mol. The molecule has 0 saturated heterocycles. The maximum Gasteiger partial charge on any atom is -0.00204 e. The number of rotatable bonds is 8. The number of nitrogens with one attached hydrogen (secondary N) is 2. The van der Waals surface area contributed by atoms with Crippen molar-refractivity contribution in [2.45, 2.75) is 128 Å². The van der Waals surface area contributed by atoms with Gasteiger partial charge in [0, 0.05) is 0 Å². The quantitative estimate of drug-likeness (QED) is 0.427. The third kappa shape index (κ3) is 10.5. The molecule has 0 atom stereocenters. The van der Waals surface area contributed by atoms with Crippen LogP contribution in [0.5, 0.6) is 0 Å². The lowest BCUT2D eigenvalue weighted by Gasteiger charge is -2.25. The zero-order valence-electron chi connectivity index (χ0n) is 20.3. The largest absolute Gasteiger partial charge is 0.316 e. The van der Waals surface area contributed by atoms with Gasteiger partial charge < -0.3 is 10.6 Å². The minimum absolute atomic E-state index is 1.00. The van der Waals surface area contributed by atoms with Crippen molar-refractivity contribution in [2.24, 2.45) is 23.7 Å². The van der Waals surface area contributed by atoms with Gasteiger partial charge in [0.2, 0.25) is 0 Å². The smallest absolute Gasteiger partial charge is 0.00204 e. The Hall–Kier alpha value is -0.0800. The Bertz CT molecular complexity index is 311. The molecule has 0 aromatic rings. The SMILES string of the molecule is C1CCC(CNCC2CCCCC2)CC1.C1CCC(CNCC2CCCCC2)CC1. The van der Waals surface area contributed by atoms with Crippen LogP contribution in [0.15, 0.2) is 0 Å². The van der Waals surface area contributed by atoms with Gasteiger partial charge in [0.25, 0.3) is 0 Å². The molecule has 0 aliphatic heterocycles. The second kappa shape index (κ2) is 15.7. The molecule has 0 amide bonds. The Balaban J connectivity index is 0.000000171. The highest BCUT2D eigenvalue weighted by Gasteiger charge is 2.17. The van der Waals surface area contributed by atoms with E-state index in [9.17, 15) is 0 Å². The average Bonchev–Trinajstić information content (AvgIpc) is 2.82. The first-order valence-corrected chi connectivity index (χ1v) is 14.3. The first-order chi connectivity index (χ1) is 14.9. The summed E-state index contributed by atoms with van der Waals surface area (Å²) in [6, 6.07) is 0. The summed E-state index contributed by atoms with van der Waals surface area (Å²) >= 11 is 0. The van der Waals surface area contributed by atoms with E-state index >= 15 is 0 Å². The molecule has 0 heterocycles. The van der Waals surface area contributed by atoms with E-state index in [0.717, 1.165) is 23.7 Å². The van der Waals surface area contributed by atoms with Gasteiger partial charge in [-0.05, 0) is 101 Å². The summed E-state index contributed by atoms with van der Waals surface area (Å²) in [6.07, 6.45) is 29.7. The Morgan fingerprint density at radius 1 is 0.300 bits per heavy atom. The summed E-state index contributed by atoms with van der Waals surface area (Å²) in [4.78, 5) is 0. The lowest BCUT2D eigenvalue weighted by molar-refractivity contribution is 0.305. The summed E-state index contributed by atoms with van der Waals surface area (Å²) in [5.74, 6) is 4.01. The van der Waals surface area contributed by atoms with Crippen molar-refractivity contribution in [1.29, 1.82) is 0 Å². The van der Waals surface area contributed by atoms with Crippen LogP contribution in [0.25, 0.3) is 0 Å². The number of hydrogen-bond acceptors (Lipinski definition) is 2. The fourth-order valence-corrected chi connectivity index (χ4v) is 6.55. The van der Waals surface area contributed by atoms with E-state index in [1.165, 1.54) is 155 Å². The molecule has 0 radical (unpaired) electrons. The molecular formula is C28H54N2. The maximum absolute atomic E-state index is 3.72. The fourth-order valence-electron chi connectivity index (χ4n) is 6.55. The molecule has 2 N–H and O–H groups in total. The molecule has 0 aromatic heterocycles. The Morgan fingerprint density at radius 2 is 0.500 bits per heavy atom. The van der Waals surface area contributed by atoms with Gasteiger partial charge in [-0.1, -0.05) is 77.0 Å². The van der Waals surface area contributed by atoms with Crippen molar-refractivity contribution in [3.8, 4) is 0 Å². The highest BCUT2D eigenvalue weighted by Crippen LogP contribution is 2.26. The zero-order chi connectivity index (χ0) is 20.7. The van der Waals surface area contributed by atoms with Crippen LogP contribution < -0.4 is 10.6 Å². The van der Waals surface area contributed by atoms with Gasteiger partial charge in [-0.25, -0.2) is 0 Å². The van der Waals surface area contributed by atoms with Crippen LogP contribution in [0, 0.1) is 23.7 Å². The minimum atomic E-state index is 1.00. The van der Waals surface area contributed by atoms with Gasteiger partial charge in [0.15, 0.2) is 0 Å². The highest BCUT2D eigenvalue weighted by atomic mass is 14.9. The van der Waals surface area contributed by atoms with Crippen LogP contribution in [-0.4, -0.2) is 26.2 Å². The van der Waals surface area contributed by atoms with Crippen LogP contribution in [0.1, 0.15) is 128 Å². The molecule has 0 aromatic carbocycles. The zero-order valence-corrected chi connectivity index (χ0v) is 20.3. The van der Waals surface area contributed by atoms with E-state index in [4.69, 9.17) is 0 Å². The van der Waals surface area contributed by atoms with Crippen molar-refractivity contribution >= 4 is 0 Å². The van der Waals surface area contributed by atoms with Gasteiger partial charge in [0.1, 0.15) is 0 Å². The van der Waals surface area contributed by atoms with Crippen LogP contribution >= 0.6 is 0 Å². The molecule has 0 bridgehead atoms. The molecule has 2 nitrogen and oxygen atoms in total. The minimum Gasteiger partial charge on any atom is -0.316 e. The second-order valence-corrected chi connectivity index (χ2v) is 11.3. The normalized spacial score (nSPS) is 25.6. The maximum atomic E-state index is 3.72. The van der Waals surface area contributed by atoms with Gasteiger partial charge in [0.05, 0.1) is 0 Å². The Morgan fingerprint density at radius 3 is 0.700 bits per heavy atom. The monoisotopic (exact) mass is 418 g/mol. The van der Waals surface area contributed by atoms with Crippen molar-refractivity contribution in [1.82, 2.24) is 10.6 Å². The summed E-state index contributed by atoms with van der Waals surface area (Å²) in [5.41, 5.74) is 0. The van der Waals surface area contributed by atoms with Crippen LogP contribution in [0.3, 0.4) is 0 Å². The first-order valence-electron chi connectivity index (χ1n) is 14.3. The van der Waals surface area contributed by atoms with E-state index in [-0.39, 0.29) is 0 Å². The number of hydrogen-bond donors (Lipinski definition) is 2. The van der Waals surface area contributed by atoms with E-state index in [1.807, 2.05) is 0 Å². The predicted octanol–water partition coefficient (Wildman–Crippen LogP) is 7.47. The lowest BCUT2D eigenvalue weighted by atomic mass is 9.87. The fraction of sp³-hybridized carbons (Fsp3) is 1.00. The van der Waals surface area contributed by atoms with Crippen molar-refractivity contribution in [2.75, 3.05) is 26.2 Å². The summed E-state index contributed by atoms with van der Waals surface area (Å²) < 4.78 is 0. The summed E-state index contributed by atoms with van der Waals surface area (Å²) in [5, 5.41) is 7.45. The van der Waals surface area contributed by atoms with Crippen molar-refractivity contribution in [3.05, 3.63) is 0 Å². The van der Waals surface area contributed by atoms with Crippen molar-refractivity contribution in [3.63, 3.8) is 0 Å². The van der Waals surface area contributed by atoms with Crippen LogP contribution in [0.2, 0.25) is 0 Å². The topological polar surface area (TPSA) is 24.1 Å². The van der Waals surface area contributed by atoms with Gasteiger partial charge in [-0.2, -0.15) is 0 Å². The second-order valence-electron chi connectivity index (χ2n) is 11.3. The molecule has 176 valence electrons. The molecule has 4 saturated carbocycles. The van der Waals surface area contributed by atoms with E-state index in [0.29, 0.717) is 0 Å². The van der Waals surface area contributed by atoms with Crippen LogP contribution in [-0.2, 0) is 0 Å². The van der Waals surface area contributed by atoms with Gasteiger partial charge in [-0.3, -0.25) is 0 Å². The molecule has 4 aliphatic rings. The van der Waals surface area contributed by atoms with E-state index in [1.54, 1.807) is 0 Å². The van der Waals surface area contributed by atoms with E-state index in [2.05, 4.69) is 10.6 Å². The van der Waals surface area contributed by atoms with Crippen molar-refractivity contribution < 1.29 is 0 Å². The first kappa shape index (κ1) is 24.6.